The van der Waals surface area contributed by atoms with E-state index < -0.39 is 0 Å². The Morgan fingerprint density at radius 1 is 1.11 bits per heavy atom. The van der Waals surface area contributed by atoms with Gasteiger partial charge < -0.3 is 31.0 Å². The van der Waals surface area contributed by atoms with E-state index in [1.807, 2.05) is 6.20 Å². The van der Waals surface area contributed by atoms with Gasteiger partial charge in [0.05, 0.1) is 42.4 Å². The number of amides is 1. The second kappa shape index (κ2) is 13.2. The molecule has 11 nitrogen and oxygen atoms in total. The van der Waals surface area contributed by atoms with Crippen LogP contribution in [0.1, 0.15) is 49.9 Å². The minimum absolute atomic E-state index is 0.0243. The summed E-state index contributed by atoms with van der Waals surface area (Å²) >= 11 is 0. The molecule has 2 bridgehead atoms. The summed E-state index contributed by atoms with van der Waals surface area (Å²) in [4.78, 5) is 34.5. The van der Waals surface area contributed by atoms with E-state index in [2.05, 4.69) is 91.4 Å². The normalized spacial score (nSPS) is 22.1. The van der Waals surface area contributed by atoms with Gasteiger partial charge in [-0.3, -0.25) is 14.7 Å². The van der Waals surface area contributed by atoms with Gasteiger partial charge in [-0.1, -0.05) is 18.7 Å². The van der Waals surface area contributed by atoms with Crippen LogP contribution in [0.4, 0.5) is 11.5 Å². The van der Waals surface area contributed by atoms with Gasteiger partial charge in [0.1, 0.15) is 17.8 Å². The van der Waals surface area contributed by atoms with Gasteiger partial charge in [-0.2, -0.15) is 0 Å². The molecule has 240 valence electrons. The third kappa shape index (κ3) is 6.35. The molecular formula is C35H43N9O2. The Morgan fingerprint density at radius 3 is 2.70 bits per heavy atom. The van der Waals surface area contributed by atoms with E-state index in [1.54, 1.807) is 6.33 Å². The van der Waals surface area contributed by atoms with Crippen molar-refractivity contribution in [1.82, 2.24) is 30.2 Å². The maximum Gasteiger partial charge on any atom is 0.248 e. The molecule has 7 rings (SSSR count). The van der Waals surface area contributed by atoms with Crippen molar-refractivity contribution < 1.29 is 9.53 Å². The minimum Gasteiger partial charge on any atom is -0.377 e. The molecule has 0 aliphatic carbocycles. The summed E-state index contributed by atoms with van der Waals surface area (Å²) < 4.78 is 5.80. The first-order valence-corrected chi connectivity index (χ1v) is 16.4. The number of pyridine rings is 1. The summed E-state index contributed by atoms with van der Waals surface area (Å²) in [5.74, 6) is 0.861. The number of piperidine rings is 1. The van der Waals surface area contributed by atoms with Crippen LogP contribution in [0, 0.1) is 0 Å². The van der Waals surface area contributed by atoms with Crippen LogP contribution in [0.25, 0.3) is 22.3 Å². The summed E-state index contributed by atoms with van der Waals surface area (Å²) in [6.07, 6.45) is 7.84. The number of aromatic nitrogens is 4. The fraction of sp³-hybridized carbons (Fsp3) is 0.429. The van der Waals surface area contributed by atoms with Gasteiger partial charge in [0.25, 0.3) is 0 Å². The number of aromatic amines is 1. The quantitative estimate of drug-likeness (QED) is 0.193. The van der Waals surface area contributed by atoms with E-state index in [-0.39, 0.29) is 24.5 Å². The van der Waals surface area contributed by atoms with Crippen molar-refractivity contribution in [3.63, 3.8) is 0 Å². The average Bonchev–Trinajstić information content (AvgIpc) is 3.62. The lowest BCUT2D eigenvalue weighted by atomic mass is 10.0. The Kier molecular flexibility index (Phi) is 8.70. The Morgan fingerprint density at radius 2 is 1.91 bits per heavy atom. The summed E-state index contributed by atoms with van der Waals surface area (Å²) in [5, 5.41) is 7.76. The largest absolute Gasteiger partial charge is 0.377 e. The third-order valence-electron chi connectivity index (χ3n) is 9.57. The number of likely N-dealkylation sites (tertiary alicyclic amines) is 1. The topological polar surface area (TPSA) is 137 Å². The molecule has 2 unspecified atom stereocenters. The molecule has 46 heavy (non-hydrogen) atoms. The molecule has 5 N–H and O–H groups in total. The number of H-pyrrole nitrogens is 1. The molecule has 3 aliphatic heterocycles. The molecule has 3 aliphatic rings. The average molecular weight is 622 g/mol. The molecule has 3 aromatic heterocycles. The van der Waals surface area contributed by atoms with Crippen LogP contribution in [-0.2, 0) is 16.1 Å². The maximum absolute atomic E-state index is 12.3. The standard InChI is InChI=1S/C35H43N9O2/c1-22(16-36)35(45)41-27-4-3-13-43(18-27)17-24-11-12-37-31(14-24)23(2)40-26-7-5-25(6-8-26)32-15-30-33(42-32)38-21-39-34(30)44-28-9-10-29(44)20-46-19-28/h5-8,11-12,14-15,21,23,27-29,40H,1,3-4,9-10,13,16-20,36H2,2H3,(H,41,45)(H,38,39,42)/t23-,27-,28?,29?/m1/s1. The predicted molar refractivity (Wildman–Crippen MR) is 180 cm³/mol. The van der Waals surface area contributed by atoms with Crippen molar-refractivity contribution in [2.24, 2.45) is 5.73 Å². The third-order valence-corrected chi connectivity index (χ3v) is 9.57. The summed E-state index contributed by atoms with van der Waals surface area (Å²) in [6.45, 7) is 10.2. The molecule has 11 heteroatoms. The number of hydrogen-bond donors (Lipinski definition) is 4. The van der Waals surface area contributed by atoms with Crippen LogP contribution >= 0.6 is 0 Å². The lowest BCUT2D eigenvalue weighted by Crippen LogP contribution is -2.48. The van der Waals surface area contributed by atoms with Gasteiger partial charge in [0.15, 0.2) is 0 Å². The zero-order valence-corrected chi connectivity index (χ0v) is 26.4. The molecule has 1 amide bonds. The number of morpholine rings is 1. The Bertz CT molecular complexity index is 1690. The first-order chi connectivity index (χ1) is 22.4. The van der Waals surface area contributed by atoms with Crippen molar-refractivity contribution in [2.75, 3.05) is 43.1 Å². The van der Waals surface area contributed by atoms with Crippen LogP contribution in [0.3, 0.4) is 0 Å². The second-order valence-corrected chi connectivity index (χ2v) is 12.9. The number of carbonyl (C=O) groups excluding carboxylic acids is 1. The minimum atomic E-state index is -0.145. The highest BCUT2D eigenvalue weighted by Crippen LogP contribution is 2.37. The zero-order valence-electron chi connectivity index (χ0n) is 26.4. The van der Waals surface area contributed by atoms with E-state index in [0.29, 0.717) is 17.7 Å². The van der Waals surface area contributed by atoms with Gasteiger partial charge in [-0.15, -0.1) is 0 Å². The molecule has 0 saturated carbocycles. The van der Waals surface area contributed by atoms with Gasteiger partial charge in [-0.25, -0.2) is 9.97 Å². The monoisotopic (exact) mass is 621 g/mol. The molecule has 0 radical (unpaired) electrons. The molecule has 4 aromatic rings. The number of carbonyl (C=O) groups is 1. The van der Waals surface area contributed by atoms with Gasteiger partial charge in [-0.05, 0) is 80.6 Å². The maximum atomic E-state index is 12.3. The van der Waals surface area contributed by atoms with Crippen molar-refractivity contribution in [3.05, 3.63) is 78.4 Å². The first kappa shape index (κ1) is 30.3. The molecule has 3 fully saturated rings. The van der Waals surface area contributed by atoms with Crippen molar-refractivity contribution in [3.8, 4) is 11.3 Å². The Balaban J connectivity index is 0.990. The number of rotatable bonds is 10. The number of fused-ring (bicyclic) bond motifs is 3. The number of benzene rings is 1. The highest BCUT2D eigenvalue weighted by atomic mass is 16.5. The number of nitrogens with zero attached hydrogens (tertiary/aromatic N) is 5. The SMILES string of the molecule is C=C(CN)C(=O)N[C@@H]1CCCN(Cc2ccnc([C@@H](C)Nc3ccc(-c4cc5c(N6C7CCC6COC7)ncnc5[nH]4)cc3)c2)C1. The molecule has 0 spiro atoms. The van der Waals surface area contributed by atoms with Crippen molar-refractivity contribution in [1.29, 1.82) is 0 Å². The lowest BCUT2D eigenvalue weighted by Gasteiger charge is -2.35. The predicted octanol–water partition coefficient (Wildman–Crippen LogP) is 4.16. The number of nitrogens with one attached hydrogen (secondary N) is 3. The molecule has 4 atom stereocenters. The smallest absolute Gasteiger partial charge is 0.248 e. The van der Waals surface area contributed by atoms with Crippen molar-refractivity contribution >= 4 is 28.4 Å². The second-order valence-electron chi connectivity index (χ2n) is 12.9. The van der Waals surface area contributed by atoms with Crippen LogP contribution in [0.15, 0.2) is 67.1 Å². The van der Waals surface area contributed by atoms with Gasteiger partial charge in [0.2, 0.25) is 5.91 Å². The Labute approximate surface area is 269 Å². The Hall–Kier alpha value is -4.32. The van der Waals surface area contributed by atoms with E-state index >= 15 is 0 Å². The van der Waals surface area contributed by atoms with E-state index in [4.69, 9.17) is 15.5 Å². The molecule has 1 aromatic carbocycles. The van der Waals surface area contributed by atoms with Crippen LogP contribution in [0.5, 0.6) is 0 Å². The summed E-state index contributed by atoms with van der Waals surface area (Å²) in [7, 11) is 0. The van der Waals surface area contributed by atoms with E-state index in [9.17, 15) is 4.79 Å². The molecule has 6 heterocycles. The first-order valence-electron chi connectivity index (χ1n) is 16.4. The van der Waals surface area contributed by atoms with E-state index in [1.165, 1.54) is 5.56 Å². The number of anilines is 2. The number of nitrogens with two attached hydrogens (primary N) is 1. The lowest BCUT2D eigenvalue weighted by molar-refractivity contribution is -0.118. The van der Waals surface area contributed by atoms with Crippen LogP contribution in [-0.4, -0.2) is 81.7 Å². The summed E-state index contributed by atoms with van der Waals surface area (Å²) in [6, 6.07) is 15.8. The molecular weight excluding hydrogens is 578 g/mol. The number of hydrogen-bond acceptors (Lipinski definition) is 9. The van der Waals surface area contributed by atoms with Gasteiger partial charge >= 0.3 is 0 Å². The van der Waals surface area contributed by atoms with E-state index in [0.717, 1.165) is 98.0 Å². The van der Waals surface area contributed by atoms with Gasteiger partial charge in [0, 0.05) is 48.8 Å². The summed E-state index contributed by atoms with van der Waals surface area (Å²) in [5.41, 5.74) is 12.2. The van der Waals surface area contributed by atoms with Crippen LogP contribution < -0.4 is 21.3 Å². The fourth-order valence-corrected chi connectivity index (χ4v) is 7.12. The highest BCUT2D eigenvalue weighted by molar-refractivity contribution is 5.93. The van der Waals surface area contributed by atoms with Crippen molar-refractivity contribution in [2.45, 2.75) is 63.3 Å². The highest BCUT2D eigenvalue weighted by Gasteiger charge is 2.39. The zero-order chi connectivity index (χ0) is 31.6. The number of ether oxygens (including phenoxy) is 1. The molecule has 3 saturated heterocycles. The fourth-order valence-electron chi connectivity index (χ4n) is 7.12. The van der Waals surface area contributed by atoms with Crippen LogP contribution in [0.2, 0.25) is 0 Å².